The summed E-state index contributed by atoms with van der Waals surface area (Å²) in [6.45, 7) is 3.49. The molecule has 0 radical (unpaired) electrons. The lowest BCUT2D eigenvalue weighted by Crippen LogP contribution is -2.46. The molecule has 0 bridgehead atoms. The Kier molecular flexibility index (Phi) is 3.72. The molecule has 0 aromatic rings. The van der Waals surface area contributed by atoms with E-state index in [0.29, 0.717) is 0 Å². The third-order valence-electron chi connectivity index (χ3n) is 3.44. The summed E-state index contributed by atoms with van der Waals surface area (Å²) in [5, 5.41) is 11.3. The van der Waals surface area contributed by atoms with Crippen molar-refractivity contribution in [1.29, 1.82) is 0 Å². The minimum atomic E-state index is -0.979. The minimum Gasteiger partial charge on any atom is -0.480 e. The summed E-state index contributed by atoms with van der Waals surface area (Å²) in [6, 6.07) is -0.790. The van der Waals surface area contributed by atoms with Crippen molar-refractivity contribution in [1.82, 2.24) is 5.32 Å². The average molecular weight is 213 g/mol. The number of aliphatic carboxylic acids is 1. The lowest BCUT2D eigenvalue weighted by Gasteiger charge is -2.27. The SMILES string of the molecule is CCC1(C(=O)N[C@@H](C)C(=O)O)CCCC1. The lowest BCUT2D eigenvalue weighted by atomic mass is 9.82. The van der Waals surface area contributed by atoms with Gasteiger partial charge in [-0.25, -0.2) is 0 Å². The third-order valence-corrected chi connectivity index (χ3v) is 3.44. The average Bonchev–Trinajstić information content (AvgIpc) is 2.66. The van der Waals surface area contributed by atoms with Crippen LogP contribution in [-0.2, 0) is 9.59 Å². The van der Waals surface area contributed by atoms with E-state index in [1.54, 1.807) is 0 Å². The summed E-state index contributed by atoms with van der Waals surface area (Å²) >= 11 is 0. The zero-order valence-corrected chi connectivity index (χ0v) is 9.38. The molecule has 0 saturated heterocycles. The number of rotatable bonds is 4. The Hall–Kier alpha value is -1.06. The van der Waals surface area contributed by atoms with E-state index in [-0.39, 0.29) is 11.3 Å². The molecule has 0 aromatic carbocycles. The second kappa shape index (κ2) is 4.64. The Morgan fingerprint density at radius 1 is 1.40 bits per heavy atom. The Balaban J connectivity index is 2.62. The van der Waals surface area contributed by atoms with Crippen LogP contribution in [0.3, 0.4) is 0 Å². The standard InChI is InChI=1S/C11H19NO3/c1-3-11(6-4-5-7-11)10(15)12-8(2)9(13)14/h8H,3-7H2,1-2H3,(H,12,15)(H,13,14)/t8-/m0/s1. The number of carboxylic acid groups (broad SMARTS) is 1. The van der Waals surface area contributed by atoms with E-state index in [0.717, 1.165) is 32.1 Å². The predicted octanol–water partition coefficient (Wildman–Crippen LogP) is 1.55. The van der Waals surface area contributed by atoms with Crippen molar-refractivity contribution in [3.8, 4) is 0 Å². The van der Waals surface area contributed by atoms with Crippen molar-refractivity contribution >= 4 is 11.9 Å². The van der Waals surface area contributed by atoms with E-state index >= 15 is 0 Å². The Bertz CT molecular complexity index is 257. The molecule has 15 heavy (non-hydrogen) atoms. The smallest absolute Gasteiger partial charge is 0.325 e. The summed E-state index contributed by atoms with van der Waals surface area (Å²) in [7, 11) is 0. The van der Waals surface area contributed by atoms with Gasteiger partial charge in [0.2, 0.25) is 5.91 Å². The first kappa shape index (κ1) is 12.0. The molecule has 1 aliphatic carbocycles. The van der Waals surface area contributed by atoms with Gasteiger partial charge in [0.1, 0.15) is 6.04 Å². The van der Waals surface area contributed by atoms with Crippen molar-refractivity contribution in [2.24, 2.45) is 5.41 Å². The zero-order chi connectivity index (χ0) is 11.5. The van der Waals surface area contributed by atoms with Gasteiger partial charge in [-0.2, -0.15) is 0 Å². The number of carbonyl (C=O) groups is 2. The fraction of sp³-hybridized carbons (Fsp3) is 0.818. The van der Waals surface area contributed by atoms with Gasteiger partial charge < -0.3 is 10.4 Å². The first-order valence-corrected chi connectivity index (χ1v) is 5.55. The van der Waals surface area contributed by atoms with Gasteiger partial charge in [-0.05, 0) is 26.2 Å². The fourth-order valence-corrected chi connectivity index (χ4v) is 2.20. The molecule has 4 nitrogen and oxygen atoms in total. The van der Waals surface area contributed by atoms with E-state index < -0.39 is 12.0 Å². The van der Waals surface area contributed by atoms with Crippen LogP contribution in [0.5, 0.6) is 0 Å². The normalized spacial score (nSPS) is 20.9. The molecule has 0 heterocycles. The van der Waals surface area contributed by atoms with Gasteiger partial charge in [-0.3, -0.25) is 9.59 Å². The molecule has 1 saturated carbocycles. The molecule has 0 spiro atoms. The van der Waals surface area contributed by atoms with E-state index in [1.807, 2.05) is 6.92 Å². The van der Waals surface area contributed by atoms with Crippen molar-refractivity contribution in [3.05, 3.63) is 0 Å². The molecular formula is C11H19NO3. The Labute approximate surface area is 90.0 Å². The maximum absolute atomic E-state index is 11.9. The molecule has 0 aliphatic heterocycles. The van der Waals surface area contributed by atoms with Gasteiger partial charge in [0.25, 0.3) is 0 Å². The van der Waals surface area contributed by atoms with Gasteiger partial charge in [0, 0.05) is 5.41 Å². The molecule has 0 aromatic heterocycles. The number of hydrogen-bond donors (Lipinski definition) is 2. The maximum atomic E-state index is 11.9. The second-order valence-corrected chi connectivity index (χ2v) is 4.37. The third kappa shape index (κ3) is 2.49. The highest BCUT2D eigenvalue weighted by Crippen LogP contribution is 2.41. The van der Waals surface area contributed by atoms with E-state index in [2.05, 4.69) is 5.32 Å². The van der Waals surface area contributed by atoms with E-state index in [4.69, 9.17) is 5.11 Å². The van der Waals surface area contributed by atoms with Crippen LogP contribution in [0, 0.1) is 5.41 Å². The lowest BCUT2D eigenvalue weighted by molar-refractivity contribution is -0.143. The minimum absolute atomic E-state index is 0.0857. The van der Waals surface area contributed by atoms with Crippen molar-refractivity contribution in [2.75, 3.05) is 0 Å². The van der Waals surface area contributed by atoms with Crippen LogP contribution in [0.2, 0.25) is 0 Å². The van der Waals surface area contributed by atoms with Crippen LogP contribution in [0.1, 0.15) is 46.0 Å². The fourth-order valence-electron chi connectivity index (χ4n) is 2.20. The summed E-state index contributed by atoms with van der Waals surface area (Å²) in [4.78, 5) is 22.6. The number of nitrogens with one attached hydrogen (secondary N) is 1. The maximum Gasteiger partial charge on any atom is 0.325 e. The summed E-state index contributed by atoms with van der Waals surface area (Å²) in [5.74, 6) is -1.06. The van der Waals surface area contributed by atoms with Crippen LogP contribution >= 0.6 is 0 Å². The highest BCUT2D eigenvalue weighted by molar-refractivity contribution is 5.87. The Morgan fingerprint density at radius 2 is 1.93 bits per heavy atom. The first-order chi connectivity index (χ1) is 7.02. The van der Waals surface area contributed by atoms with Gasteiger partial charge in [-0.15, -0.1) is 0 Å². The van der Waals surface area contributed by atoms with Gasteiger partial charge in [-0.1, -0.05) is 19.8 Å². The van der Waals surface area contributed by atoms with Crippen molar-refractivity contribution in [3.63, 3.8) is 0 Å². The number of carbonyl (C=O) groups excluding carboxylic acids is 1. The molecule has 1 fully saturated rings. The monoisotopic (exact) mass is 213 g/mol. The van der Waals surface area contributed by atoms with Gasteiger partial charge >= 0.3 is 5.97 Å². The Morgan fingerprint density at radius 3 is 2.33 bits per heavy atom. The molecule has 1 amide bonds. The molecule has 86 valence electrons. The summed E-state index contributed by atoms with van der Waals surface area (Å²) < 4.78 is 0. The molecule has 1 rings (SSSR count). The number of carboxylic acids is 1. The van der Waals surface area contributed by atoms with Crippen molar-refractivity contribution < 1.29 is 14.7 Å². The summed E-state index contributed by atoms with van der Waals surface area (Å²) in [6.07, 6.45) is 4.72. The molecule has 0 unspecified atom stereocenters. The van der Waals surface area contributed by atoms with Crippen molar-refractivity contribution in [2.45, 2.75) is 52.0 Å². The molecular weight excluding hydrogens is 194 g/mol. The number of amides is 1. The summed E-state index contributed by atoms with van der Waals surface area (Å²) in [5.41, 5.74) is -0.302. The molecule has 2 N–H and O–H groups in total. The van der Waals surface area contributed by atoms with Crippen LogP contribution in [0.4, 0.5) is 0 Å². The largest absolute Gasteiger partial charge is 0.480 e. The van der Waals surface area contributed by atoms with Gasteiger partial charge in [0.05, 0.1) is 0 Å². The second-order valence-electron chi connectivity index (χ2n) is 4.37. The molecule has 1 atom stereocenters. The highest BCUT2D eigenvalue weighted by Gasteiger charge is 2.40. The quantitative estimate of drug-likeness (QED) is 0.744. The molecule has 4 heteroatoms. The predicted molar refractivity (Wildman–Crippen MR) is 56.4 cm³/mol. The van der Waals surface area contributed by atoms with E-state index in [9.17, 15) is 9.59 Å². The topological polar surface area (TPSA) is 66.4 Å². The highest BCUT2D eigenvalue weighted by atomic mass is 16.4. The van der Waals surface area contributed by atoms with Crippen LogP contribution in [0.15, 0.2) is 0 Å². The number of hydrogen-bond acceptors (Lipinski definition) is 2. The van der Waals surface area contributed by atoms with Crippen LogP contribution in [-0.4, -0.2) is 23.0 Å². The molecule has 1 aliphatic rings. The van der Waals surface area contributed by atoms with E-state index in [1.165, 1.54) is 6.92 Å². The zero-order valence-electron chi connectivity index (χ0n) is 9.38. The van der Waals surface area contributed by atoms with Crippen LogP contribution < -0.4 is 5.32 Å². The first-order valence-electron chi connectivity index (χ1n) is 5.55. The van der Waals surface area contributed by atoms with Crippen LogP contribution in [0.25, 0.3) is 0 Å². The van der Waals surface area contributed by atoms with Gasteiger partial charge in [0.15, 0.2) is 0 Å².